The first kappa shape index (κ1) is 12.5. The van der Waals surface area contributed by atoms with Crippen LogP contribution in [-0.2, 0) is 4.79 Å². The number of amides is 1. The molecular formula is C12H24N2O. The molecule has 0 spiro atoms. The van der Waals surface area contributed by atoms with Crippen molar-refractivity contribution in [3.8, 4) is 0 Å². The third-order valence-electron chi connectivity index (χ3n) is 3.18. The molecule has 1 rings (SSSR count). The smallest absolute Gasteiger partial charge is 0.219 e. The van der Waals surface area contributed by atoms with Crippen molar-refractivity contribution in [1.82, 2.24) is 10.2 Å². The Morgan fingerprint density at radius 2 is 2.13 bits per heavy atom. The van der Waals surface area contributed by atoms with Gasteiger partial charge in [-0.15, -0.1) is 0 Å². The van der Waals surface area contributed by atoms with E-state index in [0.29, 0.717) is 18.5 Å². The summed E-state index contributed by atoms with van der Waals surface area (Å²) >= 11 is 0. The molecule has 3 heteroatoms. The van der Waals surface area contributed by atoms with Gasteiger partial charge in [-0.3, -0.25) is 4.79 Å². The Hall–Kier alpha value is -0.570. The van der Waals surface area contributed by atoms with Crippen molar-refractivity contribution >= 4 is 5.91 Å². The Kier molecular flexibility index (Phi) is 5.09. The molecule has 0 aliphatic carbocycles. The summed E-state index contributed by atoms with van der Waals surface area (Å²) in [6.07, 6.45) is 4.04. The predicted octanol–water partition coefficient (Wildman–Crippen LogP) is 1.78. The van der Waals surface area contributed by atoms with Gasteiger partial charge < -0.3 is 10.2 Å². The fraction of sp³-hybridized carbons (Fsp3) is 0.917. The highest BCUT2D eigenvalue weighted by molar-refractivity contribution is 5.75. The maximum Gasteiger partial charge on any atom is 0.219 e. The summed E-state index contributed by atoms with van der Waals surface area (Å²) in [4.78, 5) is 13.8. The fourth-order valence-corrected chi connectivity index (χ4v) is 2.11. The third-order valence-corrected chi connectivity index (χ3v) is 3.18. The maximum absolute atomic E-state index is 11.3. The van der Waals surface area contributed by atoms with E-state index in [4.69, 9.17) is 0 Å². The molecule has 1 N–H and O–H groups in total. The third kappa shape index (κ3) is 4.20. The zero-order valence-electron chi connectivity index (χ0n) is 10.3. The van der Waals surface area contributed by atoms with Crippen LogP contribution in [0.25, 0.3) is 0 Å². The van der Waals surface area contributed by atoms with Crippen LogP contribution in [0.3, 0.4) is 0 Å². The van der Waals surface area contributed by atoms with E-state index < -0.39 is 0 Å². The molecule has 1 atom stereocenters. The molecule has 3 nitrogen and oxygen atoms in total. The Bertz CT molecular complexity index is 204. The van der Waals surface area contributed by atoms with Crippen molar-refractivity contribution in [3.05, 3.63) is 0 Å². The minimum absolute atomic E-state index is 0.193. The standard InChI is InChI=1S/C12H24N2O/c1-4-12(15)13-11-6-5-8-14(9-7-11)10(2)3/h10-11H,4-9H2,1-3H3,(H,13,15). The first-order valence-electron chi connectivity index (χ1n) is 6.17. The number of hydrogen-bond donors (Lipinski definition) is 1. The molecule has 88 valence electrons. The van der Waals surface area contributed by atoms with Gasteiger partial charge in [0.05, 0.1) is 0 Å². The van der Waals surface area contributed by atoms with Crippen LogP contribution in [0, 0.1) is 0 Å². The lowest BCUT2D eigenvalue weighted by Gasteiger charge is -2.24. The highest BCUT2D eigenvalue weighted by Gasteiger charge is 2.19. The molecule has 0 aromatic heterocycles. The minimum atomic E-state index is 0.193. The van der Waals surface area contributed by atoms with Crippen molar-refractivity contribution in [3.63, 3.8) is 0 Å². The van der Waals surface area contributed by atoms with Crippen LogP contribution in [0.1, 0.15) is 46.5 Å². The molecule has 1 saturated heterocycles. The van der Waals surface area contributed by atoms with Gasteiger partial charge in [-0.25, -0.2) is 0 Å². The van der Waals surface area contributed by atoms with Gasteiger partial charge in [0.1, 0.15) is 0 Å². The zero-order chi connectivity index (χ0) is 11.3. The summed E-state index contributed by atoms with van der Waals surface area (Å²) in [6, 6.07) is 1.03. The number of nitrogens with one attached hydrogen (secondary N) is 1. The van der Waals surface area contributed by atoms with Crippen LogP contribution in [0.4, 0.5) is 0 Å². The summed E-state index contributed by atoms with van der Waals surface area (Å²) in [5, 5.41) is 3.10. The van der Waals surface area contributed by atoms with Crippen LogP contribution < -0.4 is 5.32 Å². The maximum atomic E-state index is 11.3. The van der Waals surface area contributed by atoms with Crippen molar-refractivity contribution in [1.29, 1.82) is 0 Å². The van der Waals surface area contributed by atoms with E-state index in [1.807, 2.05) is 6.92 Å². The summed E-state index contributed by atoms with van der Waals surface area (Å²) < 4.78 is 0. The van der Waals surface area contributed by atoms with Gasteiger partial charge in [-0.05, 0) is 39.7 Å². The number of hydrogen-bond acceptors (Lipinski definition) is 2. The molecule has 1 fully saturated rings. The molecule has 1 aliphatic heterocycles. The zero-order valence-corrected chi connectivity index (χ0v) is 10.3. The van der Waals surface area contributed by atoms with Crippen LogP contribution in [0.15, 0.2) is 0 Å². The first-order chi connectivity index (χ1) is 7.13. The molecule has 1 aliphatic rings. The lowest BCUT2D eigenvalue weighted by molar-refractivity contribution is -0.121. The molecule has 1 amide bonds. The molecule has 0 radical (unpaired) electrons. The molecule has 0 aromatic rings. The second-order valence-electron chi connectivity index (χ2n) is 4.68. The van der Waals surface area contributed by atoms with Gasteiger partial charge >= 0.3 is 0 Å². The Balaban J connectivity index is 2.35. The summed E-state index contributed by atoms with van der Waals surface area (Å²) in [5.74, 6) is 0.193. The van der Waals surface area contributed by atoms with E-state index >= 15 is 0 Å². The number of likely N-dealkylation sites (tertiary alicyclic amines) is 1. The minimum Gasteiger partial charge on any atom is -0.353 e. The van der Waals surface area contributed by atoms with Crippen LogP contribution in [0.5, 0.6) is 0 Å². The van der Waals surface area contributed by atoms with Gasteiger partial charge in [0.2, 0.25) is 5.91 Å². The van der Waals surface area contributed by atoms with E-state index in [0.717, 1.165) is 19.4 Å². The van der Waals surface area contributed by atoms with Crippen molar-refractivity contribution < 1.29 is 4.79 Å². The van der Waals surface area contributed by atoms with Gasteiger partial charge in [0.25, 0.3) is 0 Å². The van der Waals surface area contributed by atoms with Crippen molar-refractivity contribution in [2.45, 2.75) is 58.5 Å². The lowest BCUT2D eigenvalue weighted by Crippen LogP contribution is -2.36. The number of carbonyl (C=O) groups is 1. The van der Waals surface area contributed by atoms with Gasteiger partial charge in [0.15, 0.2) is 0 Å². The summed E-state index contributed by atoms with van der Waals surface area (Å²) in [7, 11) is 0. The van der Waals surface area contributed by atoms with E-state index in [1.165, 1.54) is 13.0 Å². The monoisotopic (exact) mass is 212 g/mol. The molecule has 15 heavy (non-hydrogen) atoms. The number of rotatable bonds is 3. The van der Waals surface area contributed by atoms with E-state index in [9.17, 15) is 4.79 Å². The highest BCUT2D eigenvalue weighted by Crippen LogP contribution is 2.13. The summed E-state index contributed by atoms with van der Waals surface area (Å²) in [5.41, 5.74) is 0. The van der Waals surface area contributed by atoms with Gasteiger partial charge in [-0.1, -0.05) is 6.92 Å². The van der Waals surface area contributed by atoms with E-state index in [2.05, 4.69) is 24.1 Å². The van der Waals surface area contributed by atoms with Crippen LogP contribution in [-0.4, -0.2) is 36.0 Å². The molecule has 0 saturated carbocycles. The molecule has 0 aromatic carbocycles. The molecule has 1 heterocycles. The van der Waals surface area contributed by atoms with Gasteiger partial charge in [0, 0.05) is 25.0 Å². The number of carbonyl (C=O) groups excluding carboxylic acids is 1. The second kappa shape index (κ2) is 6.11. The second-order valence-corrected chi connectivity index (χ2v) is 4.68. The Morgan fingerprint density at radius 3 is 2.73 bits per heavy atom. The van der Waals surface area contributed by atoms with E-state index in [1.54, 1.807) is 0 Å². The van der Waals surface area contributed by atoms with Crippen LogP contribution >= 0.6 is 0 Å². The largest absolute Gasteiger partial charge is 0.353 e. The van der Waals surface area contributed by atoms with Crippen LogP contribution in [0.2, 0.25) is 0 Å². The average molecular weight is 212 g/mol. The van der Waals surface area contributed by atoms with Crippen molar-refractivity contribution in [2.24, 2.45) is 0 Å². The molecule has 0 bridgehead atoms. The Labute approximate surface area is 93.2 Å². The quantitative estimate of drug-likeness (QED) is 0.773. The fourth-order valence-electron chi connectivity index (χ4n) is 2.11. The summed E-state index contributed by atoms with van der Waals surface area (Å²) in [6.45, 7) is 8.69. The highest BCUT2D eigenvalue weighted by atomic mass is 16.1. The normalized spacial score (nSPS) is 23.9. The topological polar surface area (TPSA) is 32.3 Å². The van der Waals surface area contributed by atoms with Crippen molar-refractivity contribution in [2.75, 3.05) is 13.1 Å². The average Bonchev–Trinajstić information content (AvgIpc) is 2.43. The molecular weight excluding hydrogens is 188 g/mol. The SMILES string of the molecule is CCC(=O)NC1CCCN(C(C)C)CC1. The predicted molar refractivity (Wildman–Crippen MR) is 62.8 cm³/mol. The Morgan fingerprint density at radius 1 is 1.40 bits per heavy atom. The first-order valence-corrected chi connectivity index (χ1v) is 6.17. The number of nitrogens with zero attached hydrogens (tertiary/aromatic N) is 1. The molecule has 1 unspecified atom stereocenters. The van der Waals surface area contributed by atoms with E-state index in [-0.39, 0.29) is 5.91 Å². The van der Waals surface area contributed by atoms with Gasteiger partial charge in [-0.2, -0.15) is 0 Å². The lowest BCUT2D eigenvalue weighted by atomic mass is 10.1.